The van der Waals surface area contributed by atoms with Gasteiger partial charge in [0.25, 0.3) is 0 Å². The average molecular weight is 377 g/mol. The number of hydrogen-bond acceptors (Lipinski definition) is 4. The Morgan fingerprint density at radius 2 is 2.04 bits per heavy atom. The standard InChI is InChI=1S/C23H36O4/c1-22(10-3-5-20(22)21-6-4-14-27-21)11-7-17(9-13-24)23(2)12-8-19(26)15-18(23)16-25/h4-6,14,17-19,24-26H,3,7-13,15-16H2,1-2H3. The molecule has 2 aliphatic rings. The first kappa shape index (κ1) is 20.6. The first-order valence-electron chi connectivity index (χ1n) is 10.6. The third-order valence-electron chi connectivity index (χ3n) is 7.66. The van der Waals surface area contributed by atoms with E-state index in [4.69, 9.17) is 4.42 Å². The number of allylic oxidation sites excluding steroid dienone is 2. The molecule has 1 aromatic heterocycles. The average Bonchev–Trinajstić information content (AvgIpc) is 3.30. The highest BCUT2D eigenvalue weighted by Crippen LogP contribution is 2.53. The lowest BCUT2D eigenvalue weighted by molar-refractivity contribution is -0.0514. The van der Waals surface area contributed by atoms with Crippen molar-refractivity contribution >= 4 is 5.57 Å². The molecule has 4 heteroatoms. The maximum Gasteiger partial charge on any atom is 0.130 e. The Hall–Kier alpha value is -1.10. The van der Waals surface area contributed by atoms with Crippen molar-refractivity contribution in [2.45, 2.75) is 71.3 Å². The van der Waals surface area contributed by atoms with Crippen molar-refractivity contribution in [3.63, 3.8) is 0 Å². The first-order valence-corrected chi connectivity index (χ1v) is 10.6. The van der Waals surface area contributed by atoms with Crippen LogP contribution < -0.4 is 0 Å². The Balaban J connectivity index is 1.74. The van der Waals surface area contributed by atoms with E-state index in [1.54, 1.807) is 6.26 Å². The fourth-order valence-electron chi connectivity index (χ4n) is 5.68. The van der Waals surface area contributed by atoms with Crippen LogP contribution >= 0.6 is 0 Å². The van der Waals surface area contributed by atoms with Crippen LogP contribution in [0, 0.1) is 22.7 Å². The minimum atomic E-state index is -0.300. The van der Waals surface area contributed by atoms with E-state index in [2.05, 4.69) is 19.9 Å². The van der Waals surface area contributed by atoms with Crippen molar-refractivity contribution in [2.75, 3.05) is 13.2 Å². The maximum absolute atomic E-state index is 10.1. The number of rotatable bonds is 8. The third kappa shape index (κ3) is 4.18. The van der Waals surface area contributed by atoms with Gasteiger partial charge in [-0.05, 0) is 91.7 Å². The summed E-state index contributed by atoms with van der Waals surface area (Å²) in [6.45, 7) is 4.89. The second-order valence-corrected chi connectivity index (χ2v) is 9.26. The van der Waals surface area contributed by atoms with Gasteiger partial charge in [0, 0.05) is 13.2 Å². The number of furan rings is 1. The minimum absolute atomic E-state index is 0.0275. The molecule has 1 fully saturated rings. The molecule has 1 aromatic rings. The highest BCUT2D eigenvalue weighted by Gasteiger charge is 2.45. The Kier molecular flexibility index (Phi) is 6.50. The zero-order valence-corrected chi connectivity index (χ0v) is 16.9. The molecule has 2 aliphatic carbocycles. The molecule has 27 heavy (non-hydrogen) atoms. The fraction of sp³-hybridized carbons (Fsp3) is 0.739. The summed E-state index contributed by atoms with van der Waals surface area (Å²) in [7, 11) is 0. The van der Waals surface area contributed by atoms with Gasteiger partial charge in [0.1, 0.15) is 5.76 Å². The smallest absolute Gasteiger partial charge is 0.130 e. The van der Waals surface area contributed by atoms with Crippen molar-refractivity contribution in [3.05, 3.63) is 30.2 Å². The van der Waals surface area contributed by atoms with Crippen LogP contribution in [0.25, 0.3) is 5.57 Å². The van der Waals surface area contributed by atoms with E-state index in [0.717, 1.165) is 50.7 Å². The van der Waals surface area contributed by atoms with Gasteiger partial charge in [0.05, 0.1) is 12.4 Å². The van der Waals surface area contributed by atoms with E-state index in [1.165, 1.54) is 5.57 Å². The van der Waals surface area contributed by atoms with E-state index >= 15 is 0 Å². The molecular weight excluding hydrogens is 340 g/mol. The number of aliphatic hydroxyl groups excluding tert-OH is 3. The number of aliphatic hydroxyl groups is 3. The van der Waals surface area contributed by atoms with Crippen LogP contribution in [-0.4, -0.2) is 34.6 Å². The maximum atomic E-state index is 10.1. The van der Waals surface area contributed by atoms with Crippen LogP contribution in [0.1, 0.15) is 71.0 Å². The van der Waals surface area contributed by atoms with Crippen LogP contribution in [0.2, 0.25) is 0 Å². The molecule has 5 atom stereocenters. The molecule has 0 bridgehead atoms. The molecular formula is C23H36O4. The SMILES string of the molecule is CC1(CCC(CCO)C2(C)CCC(O)CC2CO)CCC=C1c1ccco1. The van der Waals surface area contributed by atoms with Crippen molar-refractivity contribution in [3.8, 4) is 0 Å². The van der Waals surface area contributed by atoms with Gasteiger partial charge in [0.15, 0.2) is 0 Å². The van der Waals surface area contributed by atoms with E-state index in [9.17, 15) is 15.3 Å². The van der Waals surface area contributed by atoms with Gasteiger partial charge in [-0.25, -0.2) is 0 Å². The van der Waals surface area contributed by atoms with Crippen molar-refractivity contribution in [1.29, 1.82) is 0 Å². The van der Waals surface area contributed by atoms with Gasteiger partial charge in [-0.1, -0.05) is 19.9 Å². The summed E-state index contributed by atoms with van der Waals surface area (Å²) in [4.78, 5) is 0. The third-order valence-corrected chi connectivity index (χ3v) is 7.66. The Bertz CT molecular complexity index is 622. The van der Waals surface area contributed by atoms with Crippen molar-refractivity contribution < 1.29 is 19.7 Å². The topological polar surface area (TPSA) is 73.8 Å². The summed E-state index contributed by atoms with van der Waals surface area (Å²) >= 11 is 0. The fourth-order valence-corrected chi connectivity index (χ4v) is 5.68. The molecule has 0 aromatic carbocycles. The zero-order chi connectivity index (χ0) is 19.5. The molecule has 1 saturated carbocycles. The van der Waals surface area contributed by atoms with E-state index in [0.29, 0.717) is 12.3 Å². The molecule has 0 saturated heterocycles. The number of hydrogen-bond donors (Lipinski definition) is 3. The van der Waals surface area contributed by atoms with Gasteiger partial charge < -0.3 is 19.7 Å². The Morgan fingerprint density at radius 1 is 1.22 bits per heavy atom. The van der Waals surface area contributed by atoms with Gasteiger partial charge in [-0.2, -0.15) is 0 Å². The molecule has 3 rings (SSSR count). The minimum Gasteiger partial charge on any atom is -0.465 e. The van der Waals surface area contributed by atoms with Crippen LogP contribution in [0.3, 0.4) is 0 Å². The van der Waals surface area contributed by atoms with Crippen LogP contribution in [0.5, 0.6) is 0 Å². The lowest BCUT2D eigenvalue weighted by Gasteiger charge is -2.48. The van der Waals surface area contributed by atoms with E-state index in [1.807, 2.05) is 12.1 Å². The van der Waals surface area contributed by atoms with E-state index < -0.39 is 0 Å². The largest absolute Gasteiger partial charge is 0.465 e. The predicted octanol–water partition coefficient (Wildman–Crippen LogP) is 4.40. The quantitative estimate of drug-likeness (QED) is 0.629. The van der Waals surface area contributed by atoms with Crippen LogP contribution in [-0.2, 0) is 0 Å². The zero-order valence-electron chi connectivity index (χ0n) is 16.9. The summed E-state index contributed by atoms with van der Waals surface area (Å²) < 4.78 is 5.68. The Morgan fingerprint density at radius 3 is 2.70 bits per heavy atom. The van der Waals surface area contributed by atoms with Crippen LogP contribution in [0.15, 0.2) is 28.9 Å². The lowest BCUT2D eigenvalue weighted by atomic mass is 9.58. The molecule has 0 amide bonds. The molecule has 5 unspecified atom stereocenters. The van der Waals surface area contributed by atoms with Gasteiger partial charge in [0.2, 0.25) is 0 Å². The summed E-state index contributed by atoms with van der Waals surface area (Å²) in [5.74, 6) is 1.44. The molecule has 152 valence electrons. The second kappa shape index (κ2) is 8.50. The second-order valence-electron chi connectivity index (χ2n) is 9.26. The summed E-state index contributed by atoms with van der Waals surface area (Å²) in [6, 6.07) is 4.00. The summed E-state index contributed by atoms with van der Waals surface area (Å²) in [5, 5.41) is 29.7. The van der Waals surface area contributed by atoms with E-state index in [-0.39, 0.29) is 36.1 Å². The molecule has 0 radical (unpaired) electrons. The Labute approximate surface area is 163 Å². The predicted molar refractivity (Wildman–Crippen MR) is 107 cm³/mol. The van der Waals surface area contributed by atoms with Crippen molar-refractivity contribution in [2.24, 2.45) is 22.7 Å². The molecule has 0 spiro atoms. The molecule has 3 N–H and O–H groups in total. The molecule has 4 nitrogen and oxygen atoms in total. The highest BCUT2D eigenvalue weighted by atomic mass is 16.3. The normalized spacial score (nSPS) is 35.2. The van der Waals surface area contributed by atoms with Crippen molar-refractivity contribution in [1.82, 2.24) is 0 Å². The van der Waals surface area contributed by atoms with Gasteiger partial charge in [-0.3, -0.25) is 0 Å². The highest BCUT2D eigenvalue weighted by molar-refractivity contribution is 5.68. The molecule has 0 aliphatic heterocycles. The first-order chi connectivity index (χ1) is 12.9. The summed E-state index contributed by atoms with van der Waals surface area (Å²) in [5.41, 5.74) is 1.39. The van der Waals surface area contributed by atoms with Gasteiger partial charge >= 0.3 is 0 Å². The van der Waals surface area contributed by atoms with Gasteiger partial charge in [-0.15, -0.1) is 0 Å². The molecule has 1 heterocycles. The lowest BCUT2D eigenvalue weighted by Crippen LogP contribution is -2.44. The summed E-state index contributed by atoms with van der Waals surface area (Å²) in [6.07, 6.45) is 11.2. The monoisotopic (exact) mass is 376 g/mol. The van der Waals surface area contributed by atoms with Crippen LogP contribution in [0.4, 0.5) is 0 Å².